The molecular weight excluding hydrogens is 312 g/mol. The highest BCUT2D eigenvalue weighted by molar-refractivity contribution is 6.74. The zero-order valence-corrected chi connectivity index (χ0v) is 18.1. The van der Waals surface area contributed by atoms with Gasteiger partial charge < -0.3 is 4.43 Å². The fourth-order valence-corrected chi connectivity index (χ4v) is 4.32. The van der Waals surface area contributed by atoms with Gasteiger partial charge in [0.05, 0.1) is 6.10 Å². The Morgan fingerprint density at radius 2 is 1.88 bits per heavy atom. The molecule has 0 heterocycles. The molecule has 1 aliphatic carbocycles. The van der Waals surface area contributed by atoms with Gasteiger partial charge in [0.2, 0.25) is 0 Å². The quantitative estimate of drug-likeness (QED) is 0.255. The first-order valence-corrected chi connectivity index (χ1v) is 11.9. The lowest BCUT2D eigenvalue weighted by molar-refractivity contribution is -0.104. The summed E-state index contributed by atoms with van der Waals surface area (Å²) >= 11 is 0. The number of hydrogen-bond acceptors (Lipinski definition) is 2. The van der Waals surface area contributed by atoms with Gasteiger partial charge >= 0.3 is 0 Å². The largest absolute Gasteiger partial charge is 0.410 e. The molecule has 0 amide bonds. The number of carbonyl (C=O) groups excluding carboxylic acids is 1. The Kier molecular flexibility index (Phi) is 6.62. The Balaban J connectivity index is 3.17. The molecule has 0 N–H and O–H groups in total. The highest BCUT2D eigenvalue weighted by Crippen LogP contribution is 2.45. The summed E-state index contributed by atoms with van der Waals surface area (Å²) in [6.07, 6.45) is 9.11. The first-order chi connectivity index (χ1) is 10.8. The van der Waals surface area contributed by atoms with Crippen LogP contribution >= 0.6 is 0 Å². The molecule has 0 aliphatic heterocycles. The van der Waals surface area contributed by atoms with Gasteiger partial charge in [-0.25, -0.2) is 0 Å². The smallest absolute Gasteiger partial charge is 0.192 e. The molecule has 1 aliphatic rings. The molecule has 2 nitrogen and oxygen atoms in total. The van der Waals surface area contributed by atoms with E-state index < -0.39 is 8.32 Å². The predicted octanol–water partition coefficient (Wildman–Crippen LogP) is 6.21. The maximum Gasteiger partial charge on any atom is 0.192 e. The van der Waals surface area contributed by atoms with Crippen LogP contribution in [0.1, 0.15) is 61.3 Å². The number of aldehydes is 1. The summed E-state index contributed by atoms with van der Waals surface area (Å²) in [7, 11) is -1.78. The molecule has 0 saturated heterocycles. The second-order valence-electron chi connectivity index (χ2n) is 9.27. The monoisotopic (exact) mass is 348 g/mol. The van der Waals surface area contributed by atoms with Crippen LogP contribution in [0.3, 0.4) is 0 Å². The minimum atomic E-state index is -1.78. The summed E-state index contributed by atoms with van der Waals surface area (Å²) in [6.45, 7) is 20.3. The Labute approximate surface area is 150 Å². The van der Waals surface area contributed by atoms with Gasteiger partial charge in [-0.3, -0.25) is 4.79 Å². The van der Waals surface area contributed by atoms with Gasteiger partial charge in [0.15, 0.2) is 8.32 Å². The molecule has 0 fully saturated rings. The van der Waals surface area contributed by atoms with Crippen molar-refractivity contribution in [3.63, 3.8) is 0 Å². The maximum absolute atomic E-state index is 10.6. The number of allylic oxidation sites excluding steroid dienone is 5. The van der Waals surface area contributed by atoms with E-state index in [1.807, 2.05) is 13.0 Å². The molecule has 24 heavy (non-hydrogen) atoms. The van der Waals surface area contributed by atoms with E-state index in [2.05, 4.69) is 60.7 Å². The average Bonchev–Trinajstić information content (AvgIpc) is 2.40. The van der Waals surface area contributed by atoms with E-state index in [0.717, 1.165) is 24.7 Å². The van der Waals surface area contributed by atoms with E-state index >= 15 is 0 Å². The Bertz CT molecular complexity index is 557. The van der Waals surface area contributed by atoms with Crippen molar-refractivity contribution in [3.05, 3.63) is 34.9 Å². The lowest BCUT2D eigenvalue weighted by Gasteiger charge is -2.44. The molecule has 0 aromatic rings. The van der Waals surface area contributed by atoms with Crippen molar-refractivity contribution in [1.29, 1.82) is 0 Å². The molecule has 0 spiro atoms. The molecule has 0 saturated carbocycles. The van der Waals surface area contributed by atoms with E-state index in [1.54, 1.807) is 6.08 Å². The highest BCUT2D eigenvalue weighted by atomic mass is 28.4. The molecule has 0 aromatic heterocycles. The van der Waals surface area contributed by atoms with E-state index in [0.29, 0.717) is 0 Å². The van der Waals surface area contributed by atoms with Crippen LogP contribution in [0.25, 0.3) is 0 Å². The molecule has 0 radical (unpaired) electrons. The fraction of sp³-hybridized carbons (Fsp3) is 0.667. The summed E-state index contributed by atoms with van der Waals surface area (Å²) in [4.78, 5) is 10.6. The summed E-state index contributed by atoms with van der Waals surface area (Å²) in [5, 5.41) is 0.222. The van der Waals surface area contributed by atoms with Crippen molar-refractivity contribution >= 4 is 14.6 Å². The lowest BCUT2D eigenvalue weighted by Crippen LogP contribution is -2.45. The van der Waals surface area contributed by atoms with Gasteiger partial charge in [-0.15, -0.1) is 0 Å². The third-order valence-corrected chi connectivity index (χ3v) is 10.2. The third-order valence-electron chi connectivity index (χ3n) is 5.76. The number of hydrogen-bond donors (Lipinski definition) is 0. The highest BCUT2D eigenvalue weighted by Gasteiger charge is 2.41. The van der Waals surface area contributed by atoms with Gasteiger partial charge in [-0.2, -0.15) is 0 Å². The minimum Gasteiger partial charge on any atom is -0.410 e. The Morgan fingerprint density at radius 3 is 2.38 bits per heavy atom. The summed E-state index contributed by atoms with van der Waals surface area (Å²) in [5.74, 6) is 0. The summed E-state index contributed by atoms with van der Waals surface area (Å²) in [5.41, 5.74) is 3.84. The van der Waals surface area contributed by atoms with Gasteiger partial charge in [0.25, 0.3) is 0 Å². The zero-order valence-electron chi connectivity index (χ0n) is 17.1. The van der Waals surface area contributed by atoms with E-state index in [1.165, 1.54) is 11.1 Å². The fourth-order valence-electron chi connectivity index (χ4n) is 2.96. The normalized spacial score (nSPS) is 23.0. The van der Waals surface area contributed by atoms with Gasteiger partial charge in [-0.05, 0) is 73.0 Å². The number of carbonyl (C=O) groups is 1. The van der Waals surface area contributed by atoms with Crippen molar-refractivity contribution in [2.75, 3.05) is 0 Å². The van der Waals surface area contributed by atoms with E-state index in [9.17, 15) is 4.79 Å². The van der Waals surface area contributed by atoms with E-state index in [4.69, 9.17) is 4.43 Å². The molecule has 0 unspecified atom stereocenters. The third kappa shape index (κ3) is 5.03. The van der Waals surface area contributed by atoms with Crippen LogP contribution in [-0.4, -0.2) is 20.7 Å². The van der Waals surface area contributed by atoms with Crippen LogP contribution in [-0.2, 0) is 9.22 Å². The van der Waals surface area contributed by atoms with Crippen LogP contribution in [0.15, 0.2) is 34.9 Å². The van der Waals surface area contributed by atoms with Gasteiger partial charge in [0.1, 0.15) is 6.29 Å². The van der Waals surface area contributed by atoms with Crippen molar-refractivity contribution in [3.8, 4) is 0 Å². The molecular formula is C21H36O2Si. The topological polar surface area (TPSA) is 26.3 Å². The molecule has 0 bridgehead atoms. The van der Waals surface area contributed by atoms with Crippen molar-refractivity contribution in [1.82, 2.24) is 0 Å². The average molecular weight is 349 g/mol. The van der Waals surface area contributed by atoms with Crippen LogP contribution in [0.5, 0.6) is 0 Å². The Morgan fingerprint density at radius 1 is 1.29 bits per heavy atom. The van der Waals surface area contributed by atoms with Crippen LogP contribution in [0.2, 0.25) is 18.1 Å². The summed E-state index contributed by atoms with van der Waals surface area (Å²) < 4.78 is 6.71. The second-order valence-corrected chi connectivity index (χ2v) is 14.0. The maximum atomic E-state index is 10.6. The van der Waals surface area contributed by atoms with Crippen molar-refractivity contribution in [2.24, 2.45) is 5.41 Å². The SMILES string of the molecule is CC1=C(/C=C/C(C)=C/C=O)C(C)(C)CC[C@H]1O[Si](C)(C)C(C)(C)C. The summed E-state index contributed by atoms with van der Waals surface area (Å²) in [6, 6.07) is 0. The minimum absolute atomic E-state index is 0.148. The van der Waals surface area contributed by atoms with Crippen LogP contribution in [0, 0.1) is 5.41 Å². The first kappa shape index (κ1) is 21.1. The molecule has 1 atom stereocenters. The molecule has 0 aromatic carbocycles. The van der Waals surface area contributed by atoms with Crippen LogP contribution in [0.4, 0.5) is 0 Å². The van der Waals surface area contributed by atoms with Gasteiger partial charge in [0, 0.05) is 0 Å². The zero-order chi connectivity index (χ0) is 18.8. The van der Waals surface area contributed by atoms with Gasteiger partial charge in [-0.1, -0.05) is 46.8 Å². The van der Waals surface area contributed by atoms with Crippen molar-refractivity contribution < 1.29 is 9.22 Å². The second kappa shape index (κ2) is 7.53. The first-order valence-electron chi connectivity index (χ1n) is 9.01. The van der Waals surface area contributed by atoms with Crippen LogP contribution < -0.4 is 0 Å². The lowest BCUT2D eigenvalue weighted by atomic mass is 9.71. The molecule has 3 heteroatoms. The number of rotatable bonds is 5. The molecule has 1 rings (SSSR count). The molecule has 136 valence electrons. The van der Waals surface area contributed by atoms with E-state index in [-0.39, 0.29) is 16.6 Å². The van der Waals surface area contributed by atoms with Crippen molar-refractivity contribution in [2.45, 2.75) is 85.5 Å². The standard InChI is InChI=1S/C21H36O2Si/c1-16(13-15-22)10-11-18-17(2)19(12-14-21(18,6)7)23-24(8,9)20(3,4)5/h10-11,13,15,19H,12,14H2,1-9H3/b11-10+,16-13+/t19-/m1/s1. The Hall–Kier alpha value is -0.933. The predicted molar refractivity (Wildman–Crippen MR) is 107 cm³/mol.